The van der Waals surface area contributed by atoms with E-state index in [2.05, 4.69) is 11.8 Å². The van der Waals surface area contributed by atoms with Crippen molar-refractivity contribution < 1.29 is 0 Å². The SMILES string of the molecule is CCC1CCCCCN1C1CC(N)C1. The van der Waals surface area contributed by atoms with Crippen LogP contribution in [0.15, 0.2) is 0 Å². The lowest BCUT2D eigenvalue weighted by Crippen LogP contribution is -2.53. The van der Waals surface area contributed by atoms with Crippen LogP contribution in [0.2, 0.25) is 0 Å². The fourth-order valence-corrected chi connectivity index (χ4v) is 3.02. The summed E-state index contributed by atoms with van der Waals surface area (Å²) < 4.78 is 0. The van der Waals surface area contributed by atoms with Crippen molar-refractivity contribution in [3.8, 4) is 0 Å². The van der Waals surface area contributed by atoms with Crippen LogP contribution in [0, 0.1) is 0 Å². The largest absolute Gasteiger partial charge is 0.328 e. The third-order valence-corrected chi connectivity index (χ3v) is 4.01. The maximum atomic E-state index is 5.87. The van der Waals surface area contributed by atoms with Gasteiger partial charge in [0.2, 0.25) is 0 Å². The summed E-state index contributed by atoms with van der Waals surface area (Å²) >= 11 is 0. The number of nitrogens with zero attached hydrogens (tertiary/aromatic N) is 1. The van der Waals surface area contributed by atoms with Gasteiger partial charge in [-0.2, -0.15) is 0 Å². The normalized spacial score (nSPS) is 40.3. The van der Waals surface area contributed by atoms with E-state index in [4.69, 9.17) is 5.73 Å². The quantitative estimate of drug-likeness (QED) is 0.733. The van der Waals surface area contributed by atoms with Gasteiger partial charge in [0, 0.05) is 18.1 Å². The van der Waals surface area contributed by atoms with Gasteiger partial charge in [0.1, 0.15) is 0 Å². The standard InChI is InChI=1S/C12H24N2/c1-2-11-6-4-3-5-7-14(11)12-8-10(13)9-12/h10-12H,2-9,13H2,1H3. The average Bonchev–Trinajstić information content (AvgIpc) is 2.37. The first kappa shape index (κ1) is 10.4. The van der Waals surface area contributed by atoms with Gasteiger partial charge in [-0.05, 0) is 38.6 Å². The molecule has 1 saturated carbocycles. The zero-order valence-corrected chi connectivity index (χ0v) is 9.41. The Morgan fingerprint density at radius 1 is 1.21 bits per heavy atom. The Hall–Kier alpha value is -0.0800. The molecular weight excluding hydrogens is 172 g/mol. The monoisotopic (exact) mass is 196 g/mol. The Balaban J connectivity index is 1.91. The molecule has 14 heavy (non-hydrogen) atoms. The summed E-state index contributed by atoms with van der Waals surface area (Å²) in [4.78, 5) is 2.76. The van der Waals surface area contributed by atoms with Crippen LogP contribution in [0.3, 0.4) is 0 Å². The Kier molecular flexibility index (Phi) is 3.45. The van der Waals surface area contributed by atoms with Crippen LogP contribution in [0.1, 0.15) is 51.9 Å². The Bertz CT molecular complexity index is 175. The van der Waals surface area contributed by atoms with Crippen molar-refractivity contribution in [2.24, 2.45) is 5.73 Å². The van der Waals surface area contributed by atoms with E-state index >= 15 is 0 Å². The van der Waals surface area contributed by atoms with Gasteiger partial charge in [-0.15, -0.1) is 0 Å². The number of hydrogen-bond acceptors (Lipinski definition) is 2. The van der Waals surface area contributed by atoms with Gasteiger partial charge >= 0.3 is 0 Å². The molecule has 2 aliphatic rings. The summed E-state index contributed by atoms with van der Waals surface area (Å²) in [6.45, 7) is 3.66. The van der Waals surface area contributed by atoms with Gasteiger partial charge in [-0.25, -0.2) is 0 Å². The van der Waals surface area contributed by atoms with E-state index in [1.54, 1.807) is 0 Å². The Morgan fingerprint density at radius 2 is 2.00 bits per heavy atom. The minimum Gasteiger partial charge on any atom is -0.328 e. The molecule has 82 valence electrons. The first-order valence-electron chi connectivity index (χ1n) is 6.32. The fourth-order valence-electron chi connectivity index (χ4n) is 3.02. The molecule has 2 fully saturated rings. The summed E-state index contributed by atoms with van der Waals surface area (Å²) in [6, 6.07) is 2.18. The molecule has 0 radical (unpaired) electrons. The summed E-state index contributed by atoms with van der Waals surface area (Å²) in [5.41, 5.74) is 5.87. The van der Waals surface area contributed by atoms with E-state index in [1.165, 1.54) is 51.5 Å². The third kappa shape index (κ3) is 2.12. The first-order chi connectivity index (χ1) is 6.81. The van der Waals surface area contributed by atoms with Crippen molar-refractivity contribution in [2.75, 3.05) is 6.54 Å². The minimum atomic E-state index is 0.501. The number of likely N-dealkylation sites (tertiary alicyclic amines) is 1. The second-order valence-electron chi connectivity index (χ2n) is 5.03. The van der Waals surface area contributed by atoms with E-state index < -0.39 is 0 Å². The predicted octanol–water partition coefficient (Wildman–Crippen LogP) is 2.13. The molecule has 0 aromatic carbocycles. The van der Waals surface area contributed by atoms with Crippen molar-refractivity contribution in [1.29, 1.82) is 0 Å². The molecule has 0 spiro atoms. The van der Waals surface area contributed by atoms with Crippen molar-refractivity contribution >= 4 is 0 Å². The van der Waals surface area contributed by atoms with Gasteiger partial charge in [0.05, 0.1) is 0 Å². The molecule has 2 nitrogen and oxygen atoms in total. The van der Waals surface area contributed by atoms with Gasteiger partial charge in [-0.1, -0.05) is 19.8 Å². The molecule has 0 aromatic rings. The molecule has 0 bridgehead atoms. The molecule has 1 aliphatic carbocycles. The number of hydrogen-bond donors (Lipinski definition) is 1. The van der Waals surface area contributed by atoms with Crippen molar-refractivity contribution in [3.05, 3.63) is 0 Å². The molecule has 1 saturated heterocycles. The lowest BCUT2D eigenvalue weighted by atomic mass is 9.85. The fraction of sp³-hybridized carbons (Fsp3) is 1.00. The second-order valence-corrected chi connectivity index (χ2v) is 5.03. The lowest BCUT2D eigenvalue weighted by molar-refractivity contribution is 0.0673. The van der Waals surface area contributed by atoms with Crippen molar-refractivity contribution in [1.82, 2.24) is 4.90 Å². The second kappa shape index (κ2) is 4.63. The maximum absolute atomic E-state index is 5.87. The molecule has 1 unspecified atom stereocenters. The van der Waals surface area contributed by atoms with E-state index in [9.17, 15) is 0 Å². The van der Waals surface area contributed by atoms with Crippen LogP contribution in [0.4, 0.5) is 0 Å². The molecule has 0 amide bonds. The van der Waals surface area contributed by atoms with Crippen molar-refractivity contribution in [3.63, 3.8) is 0 Å². The Labute approximate surface area is 87.8 Å². The lowest BCUT2D eigenvalue weighted by Gasteiger charge is -2.44. The van der Waals surface area contributed by atoms with E-state index in [0.717, 1.165) is 12.1 Å². The van der Waals surface area contributed by atoms with Gasteiger partial charge in [0.25, 0.3) is 0 Å². The van der Waals surface area contributed by atoms with E-state index in [-0.39, 0.29) is 0 Å². The molecular formula is C12H24N2. The first-order valence-corrected chi connectivity index (χ1v) is 6.32. The smallest absolute Gasteiger partial charge is 0.0128 e. The van der Waals surface area contributed by atoms with Gasteiger partial charge in [-0.3, -0.25) is 4.90 Å². The summed E-state index contributed by atoms with van der Waals surface area (Å²) in [5.74, 6) is 0. The zero-order valence-electron chi connectivity index (χ0n) is 9.41. The van der Waals surface area contributed by atoms with Crippen LogP contribution in [0.25, 0.3) is 0 Å². The van der Waals surface area contributed by atoms with Crippen LogP contribution < -0.4 is 5.73 Å². The van der Waals surface area contributed by atoms with Gasteiger partial charge < -0.3 is 5.73 Å². The van der Waals surface area contributed by atoms with Crippen LogP contribution in [-0.4, -0.2) is 29.6 Å². The zero-order chi connectivity index (χ0) is 9.97. The molecule has 2 heteroatoms. The average molecular weight is 196 g/mol. The highest BCUT2D eigenvalue weighted by Crippen LogP contribution is 2.30. The van der Waals surface area contributed by atoms with Gasteiger partial charge in [0.15, 0.2) is 0 Å². The van der Waals surface area contributed by atoms with Crippen LogP contribution in [0.5, 0.6) is 0 Å². The van der Waals surface area contributed by atoms with Crippen LogP contribution >= 0.6 is 0 Å². The molecule has 1 heterocycles. The highest BCUT2D eigenvalue weighted by Gasteiger charge is 2.34. The maximum Gasteiger partial charge on any atom is 0.0128 e. The highest BCUT2D eigenvalue weighted by molar-refractivity contribution is 4.92. The third-order valence-electron chi connectivity index (χ3n) is 4.01. The molecule has 1 aliphatic heterocycles. The molecule has 0 aromatic heterocycles. The molecule has 2 rings (SSSR count). The Morgan fingerprint density at radius 3 is 2.64 bits per heavy atom. The van der Waals surface area contributed by atoms with E-state index in [0.29, 0.717) is 6.04 Å². The van der Waals surface area contributed by atoms with Crippen LogP contribution in [-0.2, 0) is 0 Å². The van der Waals surface area contributed by atoms with Crippen molar-refractivity contribution in [2.45, 2.75) is 70.0 Å². The summed E-state index contributed by atoms with van der Waals surface area (Å²) in [7, 11) is 0. The topological polar surface area (TPSA) is 29.3 Å². The predicted molar refractivity (Wildman–Crippen MR) is 60.3 cm³/mol. The number of nitrogens with two attached hydrogens (primary N) is 1. The summed E-state index contributed by atoms with van der Waals surface area (Å²) in [5, 5.41) is 0. The van der Waals surface area contributed by atoms with E-state index in [1.807, 2.05) is 0 Å². The highest BCUT2D eigenvalue weighted by atomic mass is 15.2. The summed E-state index contributed by atoms with van der Waals surface area (Å²) in [6.07, 6.45) is 9.52. The minimum absolute atomic E-state index is 0.501. The molecule has 1 atom stereocenters. The number of rotatable bonds is 2. The molecule has 2 N–H and O–H groups in total.